The number of halogens is 1. The first kappa shape index (κ1) is 15.5. The topological polar surface area (TPSA) is 32.3 Å². The summed E-state index contributed by atoms with van der Waals surface area (Å²) < 4.78 is 13.9. The number of likely N-dealkylation sites (N-methyl/N-ethyl adjacent to an activating group) is 1. The van der Waals surface area contributed by atoms with Gasteiger partial charge in [0.15, 0.2) is 0 Å². The number of aromatic nitrogens is 2. The Morgan fingerprint density at radius 1 is 1.41 bits per heavy atom. The second-order valence-corrected chi connectivity index (χ2v) is 6.69. The molecule has 118 valence electrons. The van der Waals surface area contributed by atoms with Crippen molar-refractivity contribution in [2.45, 2.75) is 31.7 Å². The van der Waals surface area contributed by atoms with E-state index in [2.05, 4.69) is 43.6 Å². The summed E-state index contributed by atoms with van der Waals surface area (Å²) in [4.78, 5) is 12.9. The molecule has 0 aliphatic carbocycles. The fourth-order valence-electron chi connectivity index (χ4n) is 3.02. The van der Waals surface area contributed by atoms with Gasteiger partial charge < -0.3 is 4.90 Å². The molecule has 0 amide bonds. The zero-order chi connectivity index (χ0) is 15.4. The van der Waals surface area contributed by atoms with E-state index in [0.29, 0.717) is 19.5 Å². The Morgan fingerprint density at radius 3 is 2.95 bits per heavy atom. The van der Waals surface area contributed by atoms with Crippen molar-refractivity contribution in [3.8, 4) is 0 Å². The average Bonchev–Trinajstić information content (AvgIpc) is 3.10. The number of hydrogen-bond acceptors (Lipinski definition) is 5. The van der Waals surface area contributed by atoms with Crippen LogP contribution >= 0.6 is 11.3 Å². The van der Waals surface area contributed by atoms with Crippen molar-refractivity contribution >= 4 is 11.3 Å². The molecule has 3 rings (SSSR count). The summed E-state index contributed by atoms with van der Waals surface area (Å²) in [5.74, 6) is 0.766. The molecule has 0 spiro atoms. The molecule has 6 heteroatoms. The van der Waals surface area contributed by atoms with E-state index in [0.717, 1.165) is 18.9 Å². The summed E-state index contributed by atoms with van der Waals surface area (Å²) in [5.41, 5.74) is 1.32. The highest BCUT2D eigenvalue weighted by Crippen LogP contribution is 2.23. The van der Waals surface area contributed by atoms with Crippen LogP contribution in [0.1, 0.15) is 17.8 Å². The van der Waals surface area contributed by atoms with E-state index in [4.69, 9.17) is 0 Å². The van der Waals surface area contributed by atoms with E-state index in [1.807, 2.05) is 0 Å². The molecule has 1 aliphatic heterocycles. The number of nitrogens with zero attached hydrogens (tertiary/aromatic N) is 4. The highest BCUT2D eigenvalue weighted by molar-refractivity contribution is 7.07. The van der Waals surface area contributed by atoms with Gasteiger partial charge in [-0.1, -0.05) is 0 Å². The monoisotopic (exact) mass is 320 g/mol. The predicted molar refractivity (Wildman–Crippen MR) is 86.4 cm³/mol. The van der Waals surface area contributed by atoms with Crippen LogP contribution in [-0.4, -0.2) is 52.1 Å². The lowest BCUT2D eigenvalue weighted by atomic mass is 10.2. The van der Waals surface area contributed by atoms with Gasteiger partial charge in [-0.3, -0.25) is 4.90 Å². The van der Waals surface area contributed by atoms with Crippen molar-refractivity contribution in [3.63, 3.8) is 0 Å². The molecule has 2 aromatic heterocycles. The van der Waals surface area contributed by atoms with Crippen molar-refractivity contribution in [2.75, 3.05) is 20.1 Å². The standard InChI is InChI=1S/C16H21FN4S/c1-20(8-13-3-6-22-12-13)10-15-7-14(17)9-21(15)11-16-18-4-2-5-19-16/h2-6,12,14-15H,7-11H2,1H3/t14-,15-/m0/s1. The third-order valence-corrected chi connectivity index (χ3v) is 4.73. The molecular formula is C16H21FN4S. The van der Waals surface area contributed by atoms with E-state index < -0.39 is 6.17 Å². The van der Waals surface area contributed by atoms with Crippen LogP contribution in [0.2, 0.25) is 0 Å². The maximum absolute atomic E-state index is 13.9. The minimum atomic E-state index is -0.747. The van der Waals surface area contributed by atoms with Crippen LogP contribution in [0.4, 0.5) is 4.39 Å². The van der Waals surface area contributed by atoms with E-state index in [9.17, 15) is 4.39 Å². The SMILES string of the molecule is CN(Cc1ccsc1)C[C@@H]1C[C@H](F)CN1Cc1ncccn1. The molecule has 4 nitrogen and oxygen atoms in total. The quantitative estimate of drug-likeness (QED) is 0.819. The van der Waals surface area contributed by atoms with Crippen molar-refractivity contribution in [1.82, 2.24) is 19.8 Å². The fraction of sp³-hybridized carbons (Fsp3) is 0.500. The number of alkyl halides is 1. The zero-order valence-corrected chi connectivity index (χ0v) is 13.5. The molecule has 1 aliphatic rings. The number of hydrogen-bond donors (Lipinski definition) is 0. The van der Waals surface area contributed by atoms with Crippen LogP contribution < -0.4 is 0 Å². The van der Waals surface area contributed by atoms with Gasteiger partial charge in [0, 0.05) is 38.1 Å². The van der Waals surface area contributed by atoms with Crippen LogP contribution in [-0.2, 0) is 13.1 Å². The van der Waals surface area contributed by atoms with Crippen LogP contribution in [0.15, 0.2) is 35.3 Å². The van der Waals surface area contributed by atoms with Gasteiger partial charge in [0.1, 0.15) is 12.0 Å². The second-order valence-electron chi connectivity index (χ2n) is 5.91. The van der Waals surface area contributed by atoms with Gasteiger partial charge in [-0.2, -0.15) is 11.3 Å². The molecule has 0 N–H and O–H groups in total. The third-order valence-electron chi connectivity index (χ3n) is 4.00. The molecule has 3 heterocycles. The van der Waals surface area contributed by atoms with E-state index in [1.165, 1.54) is 5.56 Å². The summed E-state index contributed by atoms with van der Waals surface area (Å²) in [7, 11) is 2.10. The third kappa shape index (κ3) is 4.09. The van der Waals surface area contributed by atoms with Gasteiger partial charge in [-0.05, 0) is 41.9 Å². The molecular weight excluding hydrogens is 299 g/mol. The molecule has 0 aromatic carbocycles. The lowest BCUT2D eigenvalue weighted by Crippen LogP contribution is -2.38. The molecule has 0 unspecified atom stereocenters. The maximum Gasteiger partial charge on any atom is 0.142 e. The Morgan fingerprint density at radius 2 is 2.23 bits per heavy atom. The van der Waals surface area contributed by atoms with Gasteiger partial charge in [0.25, 0.3) is 0 Å². The molecule has 2 atom stereocenters. The van der Waals surface area contributed by atoms with E-state index >= 15 is 0 Å². The molecule has 22 heavy (non-hydrogen) atoms. The molecule has 1 saturated heterocycles. The average molecular weight is 320 g/mol. The van der Waals surface area contributed by atoms with Crippen LogP contribution in [0.25, 0.3) is 0 Å². The van der Waals surface area contributed by atoms with Gasteiger partial charge in [0.2, 0.25) is 0 Å². The molecule has 2 aromatic rings. The van der Waals surface area contributed by atoms with Crippen molar-refractivity contribution in [1.29, 1.82) is 0 Å². The summed E-state index contributed by atoms with van der Waals surface area (Å²) in [5, 5.41) is 4.26. The fourth-order valence-corrected chi connectivity index (χ4v) is 3.68. The highest BCUT2D eigenvalue weighted by Gasteiger charge is 2.33. The Kier molecular flexibility index (Phi) is 5.12. The minimum Gasteiger partial charge on any atom is -0.301 e. The van der Waals surface area contributed by atoms with Crippen molar-refractivity contribution in [3.05, 3.63) is 46.7 Å². The number of thiophene rings is 1. The lowest BCUT2D eigenvalue weighted by molar-refractivity contribution is 0.177. The predicted octanol–water partition coefficient (Wildman–Crippen LogP) is 2.58. The summed E-state index contributed by atoms with van der Waals surface area (Å²) in [6, 6.07) is 4.17. The van der Waals surface area contributed by atoms with Gasteiger partial charge in [-0.25, -0.2) is 14.4 Å². The largest absolute Gasteiger partial charge is 0.301 e. The zero-order valence-electron chi connectivity index (χ0n) is 12.7. The number of rotatable bonds is 6. The van der Waals surface area contributed by atoms with Crippen molar-refractivity contribution in [2.24, 2.45) is 0 Å². The number of likely N-dealkylation sites (tertiary alicyclic amines) is 1. The maximum atomic E-state index is 13.9. The Labute approximate surface area is 134 Å². The smallest absolute Gasteiger partial charge is 0.142 e. The molecule has 0 bridgehead atoms. The van der Waals surface area contributed by atoms with Gasteiger partial charge in [0.05, 0.1) is 6.54 Å². The summed E-state index contributed by atoms with van der Waals surface area (Å²) in [6.07, 6.45) is 3.33. The Bertz CT molecular complexity index is 563. The first-order valence-electron chi connectivity index (χ1n) is 7.54. The summed E-state index contributed by atoms with van der Waals surface area (Å²) in [6.45, 7) is 2.88. The first-order valence-corrected chi connectivity index (χ1v) is 8.48. The first-order chi connectivity index (χ1) is 10.7. The minimum absolute atomic E-state index is 0.224. The van der Waals surface area contributed by atoms with E-state index in [-0.39, 0.29) is 6.04 Å². The molecule has 0 radical (unpaired) electrons. The van der Waals surface area contributed by atoms with Crippen LogP contribution in [0.3, 0.4) is 0 Å². The van der Waals surface area contributed by atoms with Gasteiger partial charge in [-0.15, -0.1) is 0 Å². The summed E-state index contributed by atoms with van der Waals surface area (Å²) >= 11 is 1.71. The molecule has 0 saturated carbocycles. The second kappa shape index (κ2) is 7.26. The normalized spacial score (nSPS) is 22.5. The van der Waals surface area contributed by atoms with E-state index in [1.54, 1.807) is 29.8 Å². The highest BCUT2D eigenvalue weighted by atomic mass is 32.1. The Hall–Kier alpha value is -1.37. The molecule has 1 fully saturated rings. The van der Waals surface area contributed by atoms with Crippen LogP contribution in [0, 0.1) is 0 Å². The lowest BCUT2D eigenvalue weighted by Gasteiger charge is -2.27. The van der Waals surface area contributed by atoms with Crippen LogP contribution in [0.5, 0.6) is 0 Å². The van der Waals surface area contributed by atoms with Crippen molar-refractivity contribution < 1.29 is 4.39 Å². The Balaban J connectivity index is 1.58. The van der Waals surface area contributed by atoms with Gasteiger partial charge >= 0.3 is 0 Å².